The molecule has 1 aromatic carbocycles. The lowest BCUT2D eigenvalue weighted by atomic mass is 10.1. The minimum atomic E-state index is -3.74. The topological polar surface area (TPSA) is 116 Å². The first-order valence-electron chi connectivity index (χ1n) is 8.51. The van der Waals surface area contributed by atoms with E-state index in [0.717, 1.165) is 5.56 Å². The van der Waals surface area contributed by atoms with Gasteiger partial charge in [0.25, 0.3) is 0 Å². The number of aliphatic carboxylic acids is 1. The number of carbonyl (C=O) groups is 2. The third-order valence-corrected chi connectivity index (χ3v) is 6.27. The summed E-state index contributed by atoms with van der Waals surface area (Å²) >= 11 is 0. The number of carboxylic acids is 1. The van der Waals surface area contributed by atoms with Crippen molar-refractivity contribution in [1.82, 2.24) is 14.9 Å². The van der Waals surface area contributed by atoms with E-state index in [1.54, 1.807) is 38.1 Å². The summed E-state index contributed by atoms with van der Waals surface area (Å²) in [6, 6.07) is 4.79. The van der Waals surface area contributed by atoms with Gasteiger partial charge in [-0.1, -0.05) is 31.5 Å². The van der Waals surface area contributed by atoms with Crippen molar-refractivity contribution in [2.24, 2.45) is 5.92 Å². The van der Waals surface area contributed by atoms with Crippen LogP contribution in [0.25, 0.3) is 0 Å². The van der Waals surface area contributed by atoms with Crippen LogP contribution in [-0.2, 0) is 14.8 Å². The summed E-state index contributed by atoms with van der Waals surface area (Å²) in [6.07, 6.45) is 0.378. The Balaban J connectivity index is 2.11. The van der Waals surface area contributed by atoms with Gasteiger partial charge in [-0.2, -0.15) is 4.31 Å². The Hall–Kier alpha value is -2.13. The smallest absolute Gasteiger partial charge is 0.326 e. The van der Waals surface area contributed by atoms with Gasteiger partial charge < -0.3 is 15.7 Å². The van der Waals surface area contributed by atoms with E-state index < -0.39 is 34.2 Å². The Morgan fingerprint density at radius 1 is 1.23 bits per heavy atom. The maximum Gasteiger partial charge on any atom is 0.326 e. The molecule has 26 heavy (non-hydrogen) atoms. The molecule has 8 nitrogen and oxygen atoms in total. The standard InChI is InChI=1S/C17H25N3O5S/c1-11(2)15(16(21)22)19-17(23)18-14-5-4-10-20(14)26(24,25)13-8-6-12(3)7-9-13/h6-9,11,14-15H,4-5,10H2,1-3H3,(H,21,22)(H2,18,19,23). The van der Waals surface area contributed by atoms with Crippen LogP contribution in [0, 0.1) is 12.8 Å². The molecule has 1 aromatic rings. The first kappa shape index (κ1) is 20.2. The molecule has 0 bridgehead atoms. The summed E-state index contributed by atoms with van der Waals surface area (Å²) < 4.78 is 26.9. The molecule has 2 amide bonds. The van der Waals surface area contributed by atoms with Crippen LogP contribution < -0.4 is 10.6 Å². The molecule has 1 saturated heterocycles. The minimum Gasteiger partial charge on any atom is -0.480 e. The highest BCUT2D eigenvalue weighted by Crippen LogP contribution is 2.25. The zero-order chi connectivity index (χ0) is 19.5. The number of rotatable bonds is 6. The number of carbonyl (C=O) groups excluding carboxylic acids is 1. The maximum absolute atomic E-state index is 12.8. The Kier molecular flexibility index (Phi) is 6.25. The predicted octanol–water partition coefficient (Wildman–Crippen LogP) is 1.51. The van der Waals surface area contributed by atoms with Crippen LogP contribution in [0.1, 0.15) is 32.3 Å². The highest BCUT2D eigenvalue weighted by Gasteiger charge is 2.36. The van der Waals surface area contributed by atoms with Crippen molar-refractivity contribution in [3.8, 4) is 0 Å². The van der Waals surface area contributed by atoms with Gasteiger partial charge in [0, 0.05) is 6.54 Å². The lowest BCUT2D eigenvalue weighted by Gasteiger charge is -2.26. The largest absolute Gasteiger partial charge is 0.480 e. The Bertz CT molecular complexity index is 761. The average Bonchev–Trinajstić information content (AvgIpc) is 3.01. The van der Waals surface area contributed by atoms with Gasteiger partial charge in [0.2, 0.25) is 10.0 Å². The van der Waals surface area contributed by atoms with Gasteiger partial charge >= 0.3 is 12.0 Å². The van der Waals surface area contributed by atoms with Gasteiger partial charge in [0.15, 0.2) is 0 Å². The van der Waals surface area contributed by atoms with Gasteiger partial charge in [0.05, 0.1) is 11.1 Å². The van der Waals surface area contributed by atoms with Crippen molar-refractivity contribution in [2.45, 2.75) is 50.7 Å². The van der Waals surface area contributed by atoms with E-state index in [2.05, 4.69) is 10.6 Å². The molecular formula is C17H25N3O5S. The van der Waals surface area contributed by atoms with E-state index >= 15 is 0 Å². The van der Waals surface area contributed by atoms with E-state index in [1.165, 1.54) is 4.31 Å². The van der Waals surface area contributed by atoms with Crippen LogP contribution in [0.5, 0.6) is 0 Å². The summed E-state index contributed by atoms with van der Waals surface area (Å²) in [4.78, 5) is 23.5. The molecule has 3 N–H and O–H groups in total. The fourth-order valence-electron chi connectivity index (χ4n) is 2.87. The molecule has 144 valence electrons. The van der Waals surface area contributed by atoms with Crippen molar-refractivity contribution in [2.75, 3.05) is 6.54 Å². The number of nitrogens with zero attached hydrogens (tertiary/aromatic N) is 1. The third-order valence-electron chi connectivity index (χ3n) is 4.35. The second-order valence-electron chi connectivity index (χ2n) is 6.76. The van der Waals surface area contributed by atoms with Crippen molar-refractivity contribution >= 4 is 22.0 Å². The summed E-state index contributed by atoms with van der Waals surface area (Å²) in [5.41, 5.74) is 0.952. The number of hydrogen-bond donors (Lipinski definition) is 3. The molecule has 2 unspecified atom stereocenters. The first-order valence-corrected chi connectivity index (χ1v) is 9.95. The minimum absolute atomic E-state index is 0.169. The van der Waals surface area contributed by atoms with Crippen LogP contribution in [0.3, 0.4) is 0 Å². The van der Waals surface area contributed by atoms with Gasteiger partial charge in [-0.05, 0) is 37.8 Å². The number of carboxylic acid groups (broad SMARTS) is 1. The monoisotopic (exact) mass is 383 g/mol. The van der Waals surface area contributed by atoms with Crippen LogP contribution in [-0.4, -0.2) is 48.6 Å². The summed E-state index contributed by atoms with van der Waals surface area (Å²) in [6.45, 7) is 5.54. The molecular weight excluding hydrogens is 358 g/mol. The number of amides is 2. The quantitative estimate of drug-likeness (QED) is 0.689. The number of aryl methyl sites for hydroxylation is 1. The van der Waals surface area contributed by atoms with Crippen LogP contribution >= 0.6 is 0 Å². The third kappa shape index (κ3) is 4.53. The molecule has 1 heterocycles. The Morgan fingerprint density at radius 3 is 2.38 bits per heavy atom. The number of nitrogens with one attached hydrogen (secondary N) is 2. The second-order valence-corrected chi connectivity index (χ2v) is 8.66. The van der Waals surface area contributed by atoms with E-state index in [-0.39, 0.29) is 10.8 Å². The lowest BCUT2D eigenvalue weighted by molar-refractivity contribution is -0.140. The van der Waals surface area contributed by atoms with Crippen LogP contribution in [0.4, 0.5) is 4.79 Å². The Labute approximate surface area is 153 Å². The molecule has 0 radical (unpaired) electrons. The molecule has 2 rings (SSSR count). The second kappa shape index (κ2) is 8.05. The molecule has 0 aliphatic carbocycles. The molecule has 1 aliphatic rings. The fourth-order valence-corrected chi connectivity index (χ4v) is 4.48. The van der Waals surface area contributed by atoms with Crippen LogP contribution in [0.2, 0.25) is 0 Å². The zero-order valence-corrected chi connectivity index (χ0v) is 15.9. The number of sulfonamides is 1. The van der Waals surface area contributed by atoms with Gasteiger partial charge in [-0.15, -0.1) is 0 Å². The number of benzene rings is 1. The number of urea groups is 1. The van der Waals surface area contributed by atoms with Gasteiger partial charge in [-0.3, -0.25) is 0 Å². The van der Waals surface area contributed by atoms with Crippen molar-refractivity contribution in [3.63, 3.8) is 0 Å². The predicted molar refractivity (Wildman–Crippen MR) is 96.0 cm³/mol. The summed E-state index contributed by atoms with van der Waals surface area (Å²) in [5.74, 6) is -1.43. The summed E-state index contributed by atoms with van der Waals surface area (Å²) in [5, 5.41) is 14.1. The molecule has 0 spiro atoms. The van der Waals surface area contributed by atoms with E-state index in [4.69, 9.17) is 5.11 Å². The van der Waals surface area contributed by atoms with Gasteiger partial charge in [-0.25, -0.2) is 18.0 Å². The highest BCUT2D eigenvalue weighted by molar-refractivity contribution is 7.89. The Morgan fingerprint density at radius 2 is 1.85 bits per heavy atom. The maximum atomic E-state index is 12.8. The van der Waals surface area contributed by atoms with Crippen molar-refractivity contribution < 1.29 is 23.1 Å². The first-order chi connectivity index (χ1) is 12.1. The van der Waals surface area contributed by atoms with Crippen molar-refractivity contribution in [3.05, 3.63) is 29.8 Å². The fraction of sp³-hybridized carbons (Fsp3) is 0.529. The SMILES string of the molecule is Cc1ccc(S(=O)(=O)N2CCCC2NC(=O)NC(C(=O)O)C(C)C)cc1. The average molecular weight is 383 g/mol. The molecule has 0 saturated carbocycles. The van der Waals surface area contributed by atoms with E-state index in [1.807, 2.05) is 6.92 Å². The normalized spacial score (nSPS) is 19.3. The zero-order valence-electron chi connectivity index (χ0n) is 15.1. The molecule has 2 atom stereocenters. The summed E-state index contributed by atoms with van der Waals surface area (Å²) in [7, 11) is -3.74. The van der Waals surface area contributed by atoms with E-state index in [9.17, 15) is 18.0 Å². The molecule has 9 heteroatoms. The lowest BCUT2D eigenvalue weighted by Crippen LogP contribution is -2.54. The molecule has 1 aliphatic heterocycles. The van der Waals surface area contributed by atoms with Crippen LogP contribution in [0.15, 0.2) is 29.2 Å². The van der Waals surface area contributed by atoms with E-state index in [0.29, 0.717) is 19.4 Å². The highest BCUT2D eigenvalue weighted by atomic mass is 32.2. The number of hydrogen-bond acceptors (Lipinski definition) is 4. The molecule has 1 fully saturated rings. The van der Waals surface area contributed by atoms with Crippen molar-refractivity contribution in [1.29, 1.82) is 0 Å². The van der Waals surface area contributed by atoms with Gasteiger partial charge in [0.1, 0.15) is 6.04 Å². The molecule has 0 aromatic heterocycles.